The predicted molar refractivity (Wildman–Crippen MR) is 242 cm³/mol. The van der Waals surface area contributed by atoms with E-state index in [0.29, 0.717) is 44.3 Å². The van der Waals surface area contributed by atoms with E-state index in [1.807, 2.05) is 60.7 Å². The van der Waals surface area contributed by atoms with E-state index in [1.165, 1.54) is 30.4 Å². The number of likely N-dealkylation sites (tertiary alicyclic amines) is 2. The van der Waals surface area contributed by atoms with Crippen LogP contribution in [0, 0.1) is 0 Å². The first-order chi connectivity index (χ1) is 30.3. The van der Waals surface area contributed by atoms with E-state index >= 15 is 0 Å². The molecule has 0 aliphatic carbocycles. The average Bonchev–Trinajstić information content (AvgIpc) is 3.91. The number of rotatable bonds is 20. The summed E-state index contributed by atoms with van der Waals surface area (Å²) in [6.07, 6.45) is 9.84. The van der Waals surface area contributed by atoms with Gasteiger partial charge in [-0.05, 0) is 93.0 Å². The molecule has 3 aliphatic rings. The molecule has 3 aliphatic heterocycles. The van der Waals surface area contributed by atoms with Crippen LogP contribution in [0.1, 0.15) is 97.7 Å². The first kappa shape index (κ1) is 44.5. The highest BCUT2D eigenvalue weighted by atomic mass is 16.5. The van der Waals surface area contributed by atoms with Crippen LogP contribution in [0.25, 0.3) is 5.69 Å². The standard InChI is InChI=1S/C48H63N9O5/c1-62-31-30-56-33-40(37-14-8-6-9-15-37)43(34-56)51-48(61)52-44-32-42(54-57(44)39-16-10-7-11-17-39)46(59)49-26-12-4-2-3-5-13-27-55-28-24-36(25-29-55)35-18-20-38(21-19-35)50-41-22-23-45(58)53-47(41)60/h6-11,14-21,32,36,40-41,43,50H,2-5,12-13,22-31,33-34H2,1H3,(H,49,59)(H2,51,52,61)(H,53,58,60). The van der Waals surface area contributed by atoms with E-state index in [1.54, 1.807) is 17.9 Å². The summed E-state index contributed by atoms with van der Waals surface area (Å²) in [4.78, 5) is 55.3. The van der Waals surface area contributed by atoms with Crippen LogP contribution < -0.4 is 26.6 Å². The summed E-state index contributed by atoms with van der Waals surface area (Å²) in [5.74, 6) is 0.385. The Morgan fingerprint density at radius 1 is 0.790 bits per heavy atom. The second-order valence-electron chi connectivity index (χ2n) is 16.9. The maximum absolute atomic E-state index is 13.5. The molecule has 3 fully saturated rings. The lowest BCUT2D eigenvalue weighted by Crippen LogP contribution is -2.47. The number of aromatic nitrogens is 2. The Hall–Kier alpha value is -5.57. The lowest BCUT2D eigenvalue weighted by Gasteiger charge is -2.32. The molecule has 7 rings (SSSR count). The summed E-state index contributed by atoms with van der Waals surface area (Å²) in [6, 6.07) is 29.0. The van der Waals surface area contributed by atoms with E-state index in [9.17, 15) is 19.2 Å². The van der Waals surface area contributed by atoms with Crippen molar-refractivity contribution in [3.63, 3.8) is 0 Å². The van der Waals surface area contributed by atoms with E-state index in [0.717, 1.165) is 76.2 Å². The molecule has 3 aromatic carbocycles. The molecule has 0 bridgehead atoms. The van der Waals surface area contributed by atoms with Gasteiger partial charge < -0.3 is 25.6 Å². The fraction of sp³-hybridized carbons (Fsp3) is 0.479. The third-order valence-electron chi connectivity index (χ3n) is 12.5. The van der Waals surface area contributed by atoms with Gasteiger partial charge in [0.1, 0.15) is 11.9 Å². The molecule has 5 N–H and O–H groups in total. The number of nitrogens with one attached hydrogen (secondary N) is 5. The Labute approximate surface area is 365 Å². The molecule has 1 aromatic heterocycles. The van der Waals surface area contributed by atoms with Crippen molar-refractivity contribution in [1.29, 1.82) is 0 Å². The number of nitrogens with zero attached hydrogens (tertiary/aromatic N) is 4. The monoisotopic (exact) mass is 845 g/mol. The summed E-state index contributed by atoms with van der Waals surface area (Å²) in [5, 5.41) is 19.5. The van der Waals surface area contributed by atoms with Gasteiger partial charge in [0, 0.05) is 57.4 Å². The molecule has 3 saturated heterocycles. The molecule has 14 heteroatoms. The van der Waals surface area contributed by atoms with Crippen LogP contribution in [-0.2, 0) is 14.3 Å². The van der Waals surface area contributed by atoms with Crippen molar-refractivity contribution >= 4 is 35.3 Å². The topological polar surface area (TPSA) is 162 Å². The molecule has 62 heavy (non-hydrogen) atoms. The Morgan fingerprint density at radius 2 is 1.50 bits per heavy atom. The highest BCUT2D eigenvalue weighted by Gasteiger charge is 2.35. The normalized spacial score (nSPS) is 19.9. The minimum Gasteiger partial charge on any atom is -0.383 e. The molecule has 330 valence electrons. The maximum atomic E-state index is 13.5. The predicted octanol–water partition coefficient (Wildman–Crippen LogP) is 6.28. The van der Waals surface area contributed by atoms with Crippen LogP contribution in [-0.4, -0.2) is 115 Å². The molecular weight excluding hydrogens is 783 g/mol. The summed E-state index contributed by atoms with van der Waals surface area (Å²) >= 11 is 0. The zero-order valence-corrected chi connectivity index (χ0v) is 36.0. The number of imide groups is 1. The van der Waals surface area contributed by atoms with Gasteiger partial charge >= 0.3 is 6.03 Å². The number of hydrogen-bond acceptors (Lipinski definition) is 9. The van der Waals surface area contributed by atoms with Crippen molar-refractivity contribution in [2.45, 2.75) is 88.1 Å². The molecule has 14 nitrogen and oxygen atoms in total. The largest absolute Gasteiger partial charge is 0.383 e. The second-order valence-corrected chi connectivity index (χ2v) is 16.9. The van der Waals surface area contributed by atoms with Crippen molar-refractivity contribution in [2.75, 3.05) is 70.2 Å². The smallest absolute Gasteiger partial charge is 0.320 e. The number of urea groups is 1. The number of methoxy groups -OCH3 is 1. The number of ether oxygens (including phenoxy) is 1. The van der Waals surface area contributed by atoms with Gasteiger partial charge in [0.05, 0.1) is 18.3 Å². The van der Waals surface area contributed by atoms with Gasteiger partial charge in [0.25, 0.3) is 5.91 Å². The Kier molecular flexibility index (Phi) is 16.1. The van der Waals surface area contributed by atoms with Gasteiger partial charge in [0.2, 0.25) is 11.8 Å². The van der Waals surface area contributed by atoms with E-state index in [4.69, 9.17) is 4.74 Å². The number of amides is 5. The number of anilines is 2. The molecule has 0 spiro atoms. The number of carbonyl (C=O) groups excluding carboxylic acids is 4. The summed E-state index contributed by atoms with van der Waals surface area (Å²) < 4.78 is 6.93. The van der Waals surface area contributed by atoms with Crippen molar-refractivity contribution in [3.05, 3.63) is 108 Å². The highest BCUT2D eigenvalue weighted by Crippen LogP contribution is 2.30. The average molecular weight is 846 g/mol. The van der Waals surface area contributed by atoms with E-state index in [2.05, 4.69) is 65.7 Å². The summed E-state index contributed by atoms with van der Waals surface area (Å²) in [5.41, 5.74) is 4.43. The zero-order valence-electron chi connectivity index (χ0n) is 36.0. The molecule has 5 amide bonds. The van der Waals surface area contributed by atoms with Crippen LogP contribution >= 0.6 is 0 Å². The van der Waals surface area contributed by atoms with E-state index in [-0.39, 0.29) is 47.4 Å². The summed E-state index contributed by atoms with van der Waals surface area (Å²) in [7, 11) is 1.70. The molecule has 0 radical (unpaired) electrons. The number of hydrogen-bond donors (Lipinski definition) is 5. The Balaban J connectivity index is 0.790. The second kappa shape index (κ2) is 22.5. The summed E-state index contributed by atoms with van der Waals surface area (Å²) in [6.45, 7) is 6.86. The van der Waals surface area contributed by atoms with Crippen LogP contribution in [0.5, 0.6) is 0 Å². The SMILES string of the molecule is COCCN1CC(NC(=O)Nc2cc(C(=O)NCCCCCCCCN3CCC(c4ccc(NC5CCC(=O)NC5=O)cc4)CC3)nn2-c2ccccc2)C(c2ccccc2)C1. The van der Waals surface area contributed by atoms with Crippen molar-refractivity contribution < 1.29 is 23.9 Å². The van der Waals surface area contributed by atoms with Crippen LogP contribution in [0.15, 0.2) is 91.0 Å². The number of unbranched alkanes of at least 4 members (excludes halogenated alkanes) is 5. The fourth-order valence-corrected chi connectivity index (χ4v) is 8.97. The number of carbonyl (C=O) groups is 4. The molecular formula is C48H63N9O5. The first-order valence-electron chi connectivity index (χ1n) is 22.5. The third kappa shape index (κ3) is 12.5. The van der Waals surface area contributed by atoms with E-state index < -0.39 is 0 Å². The number of benzene rings is 3. The molecule has 3 atom stereocenters. The van der Waals surface area contributed by atoms with Gasteiger partial charge in [-0.15, -0.1) is 0 Å². The maximum Gasteiger partial charge on any atom is 0.320 e. The van der Waals surface area contributed by atoms with Gasteiger partial charge in [-0.25, -0.2) is 9.48 Å². The van der Waals surface area contributed by atoms with Gasteiger partial charge in [0.15, 0.2) is 5.69 Å². The minimum atomic E-state index is -0.365. The van der Waals surface area contributed by atoms with Gasteiger partial charge in [-0.1, -0.05) is 86.3 Å². The third-order valence-corrected chi connectivity index (χ3v) is 12.5. The van der Waals surface area contributed by atoms with Crippen LogP contribution in [0.4, 0.5) is 16.3 Å². The zero-order chi connectivity index (χ0) is 43.1. The van der Waals surface area contributed by atoms with Crippen LogP contribution in [0.2, 0.25) is 0 Å². The number of piperidine rings is 2. The molecule has 0 saturated carbocycles. The Morgan fingerprint density at radius 3 is 2.23 bits per heavy atom. The van der Waals surface area contributed by atoms with Crippen molar-refractivity contribution in [3.8, 4) is 5.69 Å². The minimum absolute atomic E-state index is 0.106. The van der Waals surface area contributed by atoms with Crippen LogP contribution in [0.3, 0.4) is 0 Å². The molecule has 4 heterocycles. The quantitative estimate of drug-likeness (QED) is 0.0510. The van der Waals surface area contributed by atoms with Gasteiger partial charge in [-0.2, -0.15) is 5.10 Å². The van der Waals surface area contributed by atoms with Crippen molar-refractivity contribution in [1.82, 2.24) is 35.5 Å². The lowest BCUT2D eigenvalue weighted by atomic mass is 9.89. The molecule has 3 unspecified atom stereocenters. The fourth-order valence-electron chi connectivity index (χ4n) is 8.97. The molecule has 4 aromatic rings. The number of para-hydroxylation sites is 1. The van der Waals surface area contributed by atoms with Crippen molar-refractivity contribution in [2.24, 2.45) is 0 Å². The van der Waals surface area contributed by atoms with Gasteiger partial charge in [-0.3, -0.25) is 29.9 Å². The lowest BCUT2D eigenvalue weighted by molar-refractivity contribution is -0.133. The first-order valence-corrected chi connectivity index (χ1v) is 22.5. The highest BCUT2D eigenvalue weighted by molar-refractivity contribution is 6.01. The Bertz CT molecular complexity index is 2050.